The van der Waals surface area contributed by atoms with Crippen LogP contribution in [-0.4, -0.2) is 50.8 Å². The van der Waals surface area contributed by atoms with E-state index in [1.165, 1.54) is 12.0 Å². The molecule has 2 amide bonds. The molecule has 120 valence electrons. The fourth-order valence-corrected chi connectivity index (χ4v) is 2.22. The van der Waals surface area contributed by atoms with Crippen LogP contribution in [0.1, 0.15) is 12.8 Å². The standard InChI is InChI=1S/C15H20N2O5/c1-17-9-11(22-15(17)19)5-7-14(18)16-12-8-10(20-2)4-6-13(12)21-3/h4,6,8,11H,5,7,9H2,1-3H3,(H,16,18). The predicted octanol–water partition coefficient (Wildman–Crippen LogP) is 1.87. The molecule has 0 radical (unpaired) electrons. The van der Waals surface area contributed by atoms with Gasteiger partial charge in [0.1, 0.15) is 17.6 Å². The summed E-state index contributed by atoms with van der Waals surface area (Å²) in [6.07, 6.45) is 0.149. The molecule has 0 spiro atoms. The number of nitrogens with zero attached hydrogens (tertiary/aromatic N) is 1. The van der Waals surface area contributed by atoms with Crippen molar-refractivity contribution in [1.82, 2.24) is 4.90 Å². The normalized spacial score (nSPS) is 17.1. The van der Waals surface area contributed by atoms with Crippen LogP contribution in [0.15, 0.2) is 18.2 Å². The first-order chi connectivity index (χ1) is 10.5. The van der Waals surface area contributed by atoms with Crippen LogP contribution < -0.4 is 14.8 Å². The van der Waals surface area contributed by atoms with E-state index < -0.39 is 0 Å². The Labute approximate surface area is 129 Å². The Morgan fingerprint density at radius 1 is 1.41 bits per heavy atom. The highest BCUT2D eigenvalue weighted by molar-refractivity contribution is 5.92. The summed E-state index contributed by atoms with van der Waals surface area (Å²) in [5.41, 5.74) is 0.549. The topological polar surface area (TPSA) is 77.1 Å². The number of hydrogen-bond donors (Lipinski definition) is 1. The van der Waals surface area contributed by atoms with Gasteiger partial charge in [-0.25, -0.2) is 4.79 Å². The first kappa shape index (κ1) is 15.9. The molecule has 1 heterocycles. The molecule has 0 bridgehead atoms. The van der Waals surface area contributed by atoms with Gasteiger partial charge in [0.2, 0.25) is 5.91 Å². The Morgan fingerprint density at radius 2 is 2.18 bits per heavy atom. The van der Waals surface area contributed by atoms with Gasteiger partial charge in [-0.1, -0.05) is 0 Å². The summed E-state index contributed by atoms with van der Waals surface area (Å²) < 4.78 is 15.5. The van der Waals surface area contributed by atoms with E-state index >= 15 is 0 Å². The molecule has 1 N–H and O–H groups in total. The SMILES string of the molecule is COc1ccc(OC)c(NC(=O)CCC2CN(C)C(=O)O2)c1. The molecule has 1 saturated heterocycles. The van der Waals surface area contributed by atoms with E-state index in [0.29, 0.717) is 30.2 Å². The molecule has 1 aliphatic heterocycles. The molecular weight excluding hydrogens is 288 g/mol. The maximum absolute atomic E-state index is 12.0. The quantitative estimate of drug-likeness (QED) is 0.868. The third-order valence-corrected chi connectivity index (χ3v) is 3.43. The Morgan fingerprint density at radius 3 is 2.77 bits per heavy atom. The number of amides is 2. The van der Waals surface area contributed by atoms with E-state index in [0.717, 1.165) is 0 Å². The van der Waals surface area contributed by atoms with Gasteiger partial charge in [0.25, 0.3) is 0 Å². The minimum Gasteiger partial charge on any atom is -0.497 e. The highest BCUT2D eigenvalue weighted by Gasteiger charge is 2.28. The fourth-order valence-electron chi connectivity index (χ4n) is 2.22. The van der Waals surface area contributed by atoms with Gasteiger partial charge in [-0.3, -0.25) is 4.79 Å². The van der Waals surface area contributed by atoms with Crippen LogP contribution in [0.2, 0.25) is 0 Å². The number of anilines is 1. The van der Waals surface area contributed by atoms with Gasteiger partial charge in [-0.15, -0.1) is 0 Å². The molecule has 1 atom stereocenters. The summed E-state index contributed by atoms with van der Waals surface area (Å²) in [6, 6.07) is 5.17. The van der Waals surface area contributed by atoms with Crippen molar-refractivity contribution in [3.05, 3.63) is 18.2 Å². The minimum atomic E-state index is -0.347. The summed E-state index contributed by atoms with van der Waals surface area (Å²) in [5.74, 6) is 1.01. The maximum atomic E-state index is 12.0. The zero-order chi connectivity index (χ0) is 16.1. The average Bonchev–Trinajstić information content (AvgIpc) is 2.83. The molecule has 0 aliphatic carbocycles. The third-order valence-electron chi connectivity index (χ3n) is 3.43. The van der Waals surface area contributed by atoms with Gasteiger partial charge in [0.15, 0.2) is 0 Å². The van der Waals surface area contributed by atoms with Crippen molar-refractivity contribution in [2.75, 3.05) is 33.1 Å². The van der Waals surface area contributed by atoms with E-state index in [4.69, 9.17) is 14.2 Å². The summed E-state index contributed by atoms with van der Waals surface area (Å²) in [5, 5.41) is 2.78. The van der Waals surface area contributed by atoms with Crippen molar-refractivity contribution in [2.45, 2.75) is 18.9 Å². The molecule has 0 aromatic heterocycles. The molecular formula is C15H20N2O5. The molecule has 1 unspecified atom stereocenters. The predicted molar refractivity (Wildman–Crippen MR) is 80.3 cm³/mol. The van der Waals surface area contributed by atoms with Crippen molar-refractivity contribution in [1.29, 1.82) is 0 Å². The second-order valence-corrected chi connectivity index (χ2v) is 5.04. The van der Waals surface area contributed by atoms with E-state index in [9.17, 15) is 9.59 Å². The van der Waals surface area contributed by atoms with E-state index in [-0.39, 0.29) is 24.5 Å². The highest BCUT2D eigenvalue weighted by atomic mass is 16.6. The number of cyclic esters (lactones) is 1. The highest BCUT2D eigenvalue weighted by Crippen LogP contribution is 2.29. The lowest BCUT2D eigenvalue weighted by atomic mass is 10.2. The molecule has 1 aromatic rings. The van der Waals surface area contributed by atoms with Crippen molar-refractivity contribution >= 4 is 17.7 Å². The zero-order valence-corrected chi connectivity index (χ0v) is 12.9. The molecule has 7 heteroatoms. The number of methoxy groups -OCH3 is 2. The lowest BCUT2D eigenvalue weighted by molar-refractivity contribution is -0.116. The summed E-state index contributed by atoms with van der Waals surface area (Å²) >= 11 is 0. The molecule has 1 aromatic carbocycles. The zero-order valence-electron chi connectivity index (χ0n) is 12.9. The fraction of sp³-hybridized carbons (Fsp3) is 0.467. The van der Waals surface area contributed by atoms with Crippen LogP contribution in [0.5, 0.6) is 11.5 Å². The van der Waals surface area contributed by atoms with E-state index in [1.807, 2.05) is 0 Å². The van der Waals surface area contributed by atoms with Crippen molar-refractivity contribution < 1.29 is 23.8 Å². The monoisotopic (exact) mass is 308 g/mol. The maximum Gasteiger partial charge on any atom is 0.409 e. The molecule has 1 aliphatic rings. The number of carbonyl (C=O) groups excluding carboxylic acids is 2. The number of ether oxygens (including phenoxy) is 3. The van der Waals surface area contributed by atoms with Gasteiger partial charge in [0.05, 0.1) is 26.5 Å². The molecule has 22 heavy (non-hydrogen) atoms. The summed E-state index contributed by atoms with van der Waals surface area (Å²) in [7, 11) is 4.76. The smallest absolute Gasteiger partial charge is 0.409 e. The van der Waals surface area contributed by atoms with Gasteiger partial charge >= 0.3 is 6.09 Å². The number of benzene rings is 1. The summed E-state index contributed by atoms with van der Waals surface area (Å²) in [4.78, 5) is 24.8. The Balaban J connectivity index is 1.90. The first-order valence-electron chi connectivity index (χ1n) is 6.97. The lowest BCUT2D eigenvalue weighted by Gasteiger charge is -2.12. The third kappa shape index (κ3) is 3.81. The number of likely N-dealkylation sites (N-methyl/N-ethyl adjacent to an activating group) is 1. The van der Waals surface area contributed by atoms with Gasteiger partial charge < -0.3 is 24.4 Å². The molecule has 1 fully saturated rings. The first-order valence-corrected chi connectivity index (χ1v) is 6.97. The van der Waals surface area contributed by atoms with Crippen LogP contribution >= 0.6 is 0 Å². The van der Waals surface area contributed by atoms with Crippen LogP contribution in [-0.2, 0) is 9.53 Å². The number of carbonyl (C=O) groups is 2. The number of nitrogens with one attached hydrogen (secondary N) is 1. The van der Waals surface area contributed by atoms with Crippen molar-refractivity contribution in [2.24, 2.45) is 0 Å². The number of rotatable bonds is 6. The molecule has 2 rings (SSSR count). The largest absolute Gasteiger partial charge is 0.497 e. The van der Waals surface area contributed by atoms with Gasteiger partial charge in [0, 0.05) is 19.5 Å². The van der Waals surface area contributed by atoms with Gasteiger partial charge in [-0.05, 0) is 18.6 Å². The second kappa shape index (κ2) is 7.02. The molecule has 0 saturated carbocycles. The van der Waals surface area contributed by atoms with Crippen molar-refractivity contribution in [3.63, 3.8) is 0 Å². The lowest BCUT2D eigenvalue weighted by Crippen LogP contribution is -2.20. The van der Waals surface area contributed by atoms with Crippen LogP contribution in [0, 0.1) is 0 Å². The second-order valence-electron chi connectivity index (χ2n) is 5.04. The van der Waals surface area contributed by atoms with E-state index in [1.54, 1.807) is 32.4 Å². The van der Waals surface area contributed by atoms with Crippen LogP contribution in [0.3, 0.4) is 0 Å². The average molecular weight is 308 g/mol. The van der Waals surface area contributed by atoms with Gasteiger partial charge in [-0.2, -0.15) is 0 Å². The Hall–Kier alpha value is -2.44. The summed E-state index contributed by atoms with van der Waals surface area (Å²) in [6.45, 7) is 0.509. The Kier molecular flexibility index (Phi) is 5.08. The molecule has 7 nitrogen and oxygen atoms in total. The Bertz CT molecular complexity index is 561. The van der Waals surface area contributed by atoms with Crippen molar-refractivity contribution in [3.8, 4) is 11.5 Å². The minimum absolute atomic E-state index is 0.169. The van der Waals surface area contributed by atoms with Crippen LogP contribution in [0.25, 0.3) is 0 Å². The van der Waals surface area contributed by atoms with Crippen LogP contribution in [0.4, 0.5) is 10.5 Å². The van der Waals surface area contributed by atoms with E-state index in [2.05, 4.69) is 5.32 Å². The number of hydrogen-bond acceptors (Lipinski definition) is 5.